The fraction of sp³-hybridized carbons (Fsp3) is 0.467. The van der Waals surface area contributed by atoms with Gasteiger partial charge in [-0.25, -0.2) is 0 Å². The van der Waals surface area contributed by atoms with Crippen LogP contribution in [0.1, 0.15) is 63.9 Å². The van der Waals surface area contributed by atoms with Gasteiger partial charge in [0, 0.05) is 29.2 Å². The third-order valence-corrected chi connectivity index (χ3v) is 16.8. The number of allylic oxidation sites excluding steroid dienone is 6. The number of hydrogen-bond acceptors (Lipinski definition) is 14. The van der Waals surface area contributed by atoms with Gasteiger partial charge < -0.3 is 50.7 Å². The Morgan fingerprint density at radius 3 is 2.64 bits per heavy atom. The Morgan fingerprint density at radius 1 is 0.983 bits per heavy atom. The number of nitrogens with one attached hydrogen (secondary N) is 2. The number of benzene rings is 2. The second-order valence-electron chi connectivity index (χ2n) is 17.3. The molecule has 2 aromatic rings. The maximum atomic E-state index is 15.3. The number of ether oxygens (including phenoxy) is 2. The SMILES string of the molecule is O=C1c2cccc3c2C(=O)C2(CSSCNC4=CC5=C(CCC6CCCC56C5C=CC6(CO)OC(O3)C(O)C5(O)C6O)CN4)C(O)=CC(Cc3cccc(CO)c3)=CC12. The fourth-order valence-corrected chi connectivity index (χ4v) is 14.0. The molecule has 1 saturated carbocycles. The summed E-state index contributed by atoms with van der Waals surface area (Å²) < 4.78 is 12.7. The first kappa shape index (κ1) is 39.3. The number of aliphatic hydroxyl groups is 6. The fourth-order valence-electron chi connectivity index (χ4n) is 11.7. The van der Waals surface area contributed by atoms with Crippen molar-refractivity contribution in [3.63, 3.8) is 0 Å². The first-order chi connectivity index (χ1) is 28.5. The lowest BCUT2D eigenvalue weighted by Gasteiger charge is -2.62. The Morgan fingerprint density at radius 2 is 1.81 bits per heavy atom. The van der Waals surface area contributed by atoms with Crippen molar-refractivity contribution < 1.29 is 49.7 Å². The summed E-state index contributed by atoms with van der Waals surface area (Å²) in [6.45, 7) is -0.281. The predicted molar refractivity (Wildman–Crippen MR) is 221 cm³/mol. The Bertz CT molecular complexity index is 2290. The third-order valence-electron chi connectivity index (χ3n) is 14.6. The lowest BCUT2D eigenvalue weighted by atomic mass is 9.50. The van der Waals surface area contributed by atoms with Gasteiger partial charge in [-0.05, 0) is 84.1 Å². The number of carbonyl (C=O) groups excluding carboxylic acids is 2. The molecular formula is C45H48N2O10S2. The summed E-state index contributed by atoms with van der Waals surface area (Å²) in [5.41, 5.74) is -1.96. The Kier molecular flexibility index (Phi) is 9.57. The highest BCUT2D eigenvalue weighted by Crippen LogP contribution is 2.65. The minimum absolute atomic E-state index is 0.0373. The molecule has 10 atom stereocenters. The first-order valence-corrected chi connectivity index (χ1v) is 22.9. The Balaban J connectivity index is 1.11. The van der Waals surface area contributed by atoms with E-state index in [1.54, 1.807) is 30.4 Å². The van der Waals surface area contributed by atoms with Gasteiger partial charge in [0.15, 0.2) is 11.6 Å². The normalized spacial score (nSPS) is 38.4. The van der Waals surface area contributed by atoms with E-state index in [1.165, 1.54) is 33.2 Å². The quantitative estimate of drug-likeness (QED) is 0.161. The van der Waals surface area contributed by atoms with Gasteiger partial charge >= 0.3 is 0 Å². The van der Waals surface area contributed by atoms with Crippen molar-refractivity contribution in [2.75, 3.05) is 24.8 Å². The van der Waals surface area contributed by atoms with Crippen LogP contribution >= 0.6 is 21.6 Å². The maximum Gasteiger partial charge on any atom is 0.230 e. The third kappa shape index (κ3) is 5.60. The van der Waals surface area contributed by atoms with Gasteiger partial charge in [-0.2, -0.15) is 0 Å². The maximum absolute atomic E-state index is 15.3. The van der Waals surface area contributed by atoms with Crippen LogP contribution in [-0.2, 0) is 17.8 Å². The molecule has 59 heavy (non-hydrogen) atoms. The Hall–Kier alpha value is -3.86. The lowest BCUT2D eigenvalue weighted by Crippen LogP contribution is -2.78. The summed E-state index contributed by atoms with van der Waals surface area (Å²) in [7, 11) is 2.83. The van der Waals surface area contributed by atoms with E-state index in [2.05, 4.69) is 16.7 Å². The van der Waals surface area contributed by atoms with E-state index in [1.807, 2.05) is 30.3 Å². The molecule has 3 aliphatic heterocycles. The molecule has 0 aromatic heterocycles. The summed E-state index contributed by atoms with van der Waals surface area (Å²) in [5.74, 6) is -1.77. The van der Waals surface area contributed by atoms with E-state index >= 15 is 4.79 Å². The van der Waals surface area contributed by atoms with E-state index in [-0.39, 0.29) is 40.9 Å². The molecule has 0 amide bonds. The number of rotatable bonds is 4. The highest BCUT2D eigenvalue weighted by atomic mass is 33.1. The summed E-state index contributed by atoms with van der Waals surface area (Å²) in [6.07, 6.45) is 8.18. The number of ketones is 2. The highest BCUT2D eigenvalue weighted by Gasteiger charge is 2.71. The molecule has 14 heteroatoms. The standard InChI is InChI=1S/C45H48N2O10S2/c48-20-25-5-1-4-24(14-25)15-26-16-31-37(51)29-7-2-8-32-36(29)38(52)44(31,34(50)17-26)22-58-59-23-47-35-18-30-27(19-46-35)9-10-28-6-3-12-43(28,30)33-11-13-42(21-49)41(54)45(33,55)39(53)40(56-32)57-42/h1-2,4-5,7-8,11,13-14,16-18,28,31,33,39-41,46-50,53-55H,3,6,9-10,12,15,19-23H2. The van der Waals surface area contributed by atoms with Gasteiger partial charge in [0.2, 0.25) is 6.29 Å². The van der Waals surface area contributed by atoms with Crippen LogP contribution in [0.2, 0.25) is 0 Å². The topological polar surface area (TPSA) is 198 Å². The van der Waals surface area contributed by atoms with E-state index in [4.69, 9.17) is 9.47 Å². The minimum atomic E-state index is -2.27. The highest BCUT2D eigenvalue weighted by molar-refractivity contribution is 8.76. The average molecular weight is 841 g/mol. The van der Waals surface area contributed by atoms with Crippen molar-refractivity contribution in [2.45, 2.75) is 74.8 Å². The van der Waals surface area contributed by atoms with Gasteiger partial charge in [0.05, 0.1) is 36.4 Å². The molecule has 2 fully saturated rings. The molecular weight excluding hydrogens is 793 g/mol. The average Bonchev–Trinajstić information content (AvgIpc) is 3.69. The number of fused-ring (bicyclic) bond motifs is 2. The van der Waals surface area contributed by atoms with Crippen LogP contribution in [0, 0.1) is 28.6 Å². The van der Waals surface area contributed by atoms with Gasteiger partial charge in [-0.1, -0.05) is 82.6 Å². The lowest BCUT2D eigenvalue weighted by molar-refractivity contribution is -0.356. The first-order valence-electron chi connectivity index (χ1n) is 20.4. The number of aliphatic hydroxyl groups excluding tert-OH is 5. The van der Waals surface area contributed by atoms with Crippen LogP contribution in [0.5, 0.6) is 5.75 Å². The Labute approximate surface area is 349 Å². The second-order valence-corrected chi connectivity index (χ2v) is 19.8. The molecule has 12 nitrogen and oxygen atoms in total. The molecule has 8 aliphatic rings. The van der Waals surface area contributed by atoms with Gasteiger partial charge in [-0.15, -0.1) is 0 Å². The van der Waals surface area contributed by atoms with Crippen LogP contribution in [0.3, 0.4) is 0 Å². The zero-order valence-corrected chi connectivity index (χ0v) is 33.9. The van der Waals surface area contributed by atoms with E-state index in [0.717, 1.165) is 48.2 Å². The van der Waals surface area contributed by atoms with E-state index in [0.29, 0.717) is 30.8 Å². The summed E-state index contributed by atoms with van der Waals surface area (Å²) >= 11 is 0. The zero-order valence-electron chi connectivity index (χ0n) is 32.3. The molecule has 2 aromatic carbocycles. The molecule has 10 unspecified atom stereocenters. The van der Waals surface area contributed by atoms with Crippen LogP contribution in [-0.4, -0.2) is 96.7 Å². The van der Waals surface area contributed by atoms with Crippen molar-refractivity contribution in [1.82, 2.24) is 10.6 Å². The predicted octanol–water partition coefficient (Wildman–Crippen LogP) is 4.15. The molecule has 2 spiro atoms. The smallest absolute Gasteiger partial charge is 0.230 e. The van der Waals surface area contributed by atoms with E-state index < -0.39 is 70.5 Å². The summed E-state index contributed by atoms with van der Waals surface area (Å²) in [5, 5.41) is 77.3. The minimum Gasteiger partial charge on any atom is -0.511 e. The molecule has 10 rings (SSSR count). The van der Waals surface area contributed by atoms with Crippen LogP contribution in [0.4, 0.5) is 0 Å². The van der Waals surface area contributed by atoms with Crippen molar-refractivity contribution in [1.29, 1.82) is 0 Å². The zero-order chi connectivity index (χ0) is 40.9. The van der Waals surface area contributed by atoms with Gasteiger partial charge in [0.25, 0.3) is 0 Å². The number of Topliss-reactive ketones (excluding diaryl/α,β-unsaturated/α-hetero) is 2. The van der Waals surface area contributed by atoms with Gasteiger partial charge in [-0.3, -0.25) is 9.59 Å². The van der Waals surface area contributed by atoms with Crippen LogP contribution < -0.4 is 15.4 Å². The molecule has 5 aliphatic carbocycles. The second kappa shape index (κ2) is 14.4. The number of dihydropyridines is 1. The number of hydrogen-bond donors (Lipinski definition) is 8. The summed E-state index contributed by atoms with van der Waals surface area (Å²) in [4.78, 5) is 30.1. The molecule has 3 heterocycles. The van der Waals surface area contributed by atoms with Crippen molar-refractivity contribution in [3.05, 3.63) is 123 Å². The summed E-state index contributed by atoms with van der Waals surface area (Å²) in [6, 6.07) is 12.0. The van der Waals surface area contributed by atoms with Crippen LogP contribution in [0.25, 0.3) is 0 Å². The van der Waals surface area contributed by atoms with Gasteiger partial charge in [0.1, 0.15) is 40.3 Å². The molecule has 8 N–H and O–H groups in total. The molecule has 7 bridgehead atoms. The molecule has 310 valence electrons. The van der Waals surface area contributed by atoms with Crippen LogP contribution in [0.15, 0.2) is 101 Å². The van der Waals surface area contributed by atoms with Crippen molar-refractivity contribution in [3.8, 4) is 5.75 Å². The molecule has 1 saturated heterocycles. The van der Waals surface area contributed by atoms with Crippen molar-refractivity contribution >= 4 is 33.2 Å². The van der Waals surface area contributed by atoms with Crippen molar-refractivity contribution in [2.24, 2.45) is 28.6 Å². The largest absolute Gasteiger partial charge is 0.511 e. The monoisotopic (exact) mass is 840 g/mol. The molecule has 0 radical (unpaired) electrons. The van der Waals surface area contributed by atoms with E-state index in [9.17, 15) is 35.4 Å². The number of carbonyl (C=O) groups is 2.